The predicted octanol–water partition coefficient (Wildman–Crippen LogP) is 3.19. The molecule has 0 saturated carbocycles. The minimum Gasteiger partial charge on any atom is -0.469 e. The van der Waals surface area contributed by atoms with Gasteiger partial charge in [0.25, 0.3) is 0 Å². The van der Waals surface area contributed by atoms with E-state index in [2.05, 4.69) is 13.5 Å². The van der Waals surface area contributed by atoms with Crippen molar-refractivity contribution in [3.63, 3.8) is 0 Å². The fourth-order valence-electron chi connectivity index (χ4n) is 3.02. The van der Waals surface area contributed by atoms with Gasteiger partial charge in [0.1, 0.15) is 0 Å². The highest BCUT2D eigenvalue weighted by molar-refractivity contribution is 5.72. The Hall–Kier alpha value is -1.29. The first kappa shape index (κ1) is 15.1. The van der Waals surface area contributed by atoms with Crippen molar-refractivity contribution >= 4 is 5.97 Å². The summed E-state index contributed by atoms with van der Waals surface area (Å²) in [5.41, 5.74) is 2.16. The lowest BCUT2D eigenvalue weighted by Crippen LogP contribution is -2.51. The maximum Gasteiger partial charge on any atom is 0.311 e. The third-order valence-corrected chi connectivity index (χ3v) is 4.36. The van der Waals surface area contributed by atoms with Crippen molar-refractivity contribution in [2.24, 2.45) is 11.8 Å². The third kappa shape index (κ3) is 2.62. The Morgan fingerprint density at radius 2 is 2.30 bits per heavy atom. The molecule has 0 bridgehead atoms. The molecule has 0 aromatic heterocycles. The number of hydrogen-bond acceptors (Lipinski definition) is 4. The zero-order valence-corrected chi connectivity index (χ0v) is 12.8. The van der Waals surface area contributed by atoms with Crippen molar-refractivity contribution in [3.8, 4) is 0 Å². The van der Waals surface area contributed by atoms with E-state index in [4.69, 9.17) is 14.2 Å². The van der Waals surface area contributed by atoms with Crippen LogP contribution in [-0.2, 0) is 19.0 Å². The number of methoxy groups -OCH3 is 1. The molecule has 0 aliphatic carbocycles. The average Bonchev–Trinajstić information content (AvgIpc) is 2.44. The van der Waals surface area contributed by atoms with Crippen LogP contribution < -0.4 is 0 Å². The molecule has 2 aliphatic rings. The Morgan fingerprint density at radius 1 is 1.60 bits per heavy atom. The summed E-state index contributed by atoms with van der Waals surface area (Å²) in [7, 11) is 1.41. The van der Waals surface area contributed by atoms with Crippen LogP contribution in [0.2, 0.25) is 0 Å². The molecule has 4 heteroatoms. The summed E-state index contributed by atoms with van der Waals surface area (Å²) in [5.74, 6) is -1.10. The molecule has 0 aromatic carbocycles. The van der Waals surface area contributed by atoms with Crippen LogP contribution in [0.4, 0.5) is 0 Å². The minimum absolute atomic E-state index is 0.209. The molecule has 1 spiro atoms. The summed E-state index contributed by atoms with van der Waals surface area (Å²) in [4.78, 5) is 11.8. The Kier molecular flexibility index (Phi) is 4.23. The van der Waals surface area contributed by atoms with Gasteiger partial charge >= 0.3 is 5.97 Å². The molecule has 1 fully saturated rings. The number of hydrogen-bond donors (Lipinski definition) is 0. The summed E-state index contributed by atoms with van der Waals surface area (Å²) in [5, 5.41) is 0. The van der Waals surface area contributed by atoms with Crippen LogP contribution in [0, 0.1) is 11.8 Å². The molecular weight excluding hydrogens is 256 g/mol. The van der Waals surface area contributed by atoms with Crippen LogP contribution in [0.3, 0.4) is 0 Å². The highest BCUT2D eigenvalue weighted by Crippen LogP contribution is 2.44. The van der Waals surface area contributed by atoms with Crippen LogP contribution in [0.5, 0.6) is 0 Å². The zero-order valence-electron chi connectivity index (χ0n) is 12.8. The Labute approximate surface area is 120 Å². The van der Waals surface area contributed by atoms with Crippen molar-refractivity contribution in [1.82, 2.24) is 0 Å². The second kappa shape index (κ2) is 5.60. The number of ether oxygens (including phenoxy) is 3. The monoisotopic (exact) mass is 280 g/mol. The normalized spacial score (nSPS) is 35.2. The molecule has 2 rings (SSSR count). The lowest BCUT2D eigenvalue weighted by molar-refractivity contribution is -0.254. The molecular formula is C16H24O4. The summed E-state index contributed by atoms with van der Waals surface area (Å²) in [6.07, 6.45) is 4.03. The standard InChI is InChI=1S/C16H24O4/c1-10-6-7-16(19-9-10)12(3)8-11(2)14(20-16)13(4)15(17)18-5/h9,11,13-14H,3,6-8H2,1-2,4-5H3/t11-,13+,14-,16-/m0/s1. The van der Waals surface area contributed by atoms with Gasteiger partial charge in [0, 0.05) is 6.42 Å². The first-order valence-corrected chi connectivity index (χ1v) is 7.17. The third-order valence-electron chi connectivity index (χ3n) is 4.36. The van der Waals surface area contributed by atoms with E-state index in [1.54, 1.807) is 6.26 Å². The highest BCUT2D eigenvalue weighted by Gasteiger charge is 2.48. The summed E-state index contributed by atoms with van der Waals surface area (Å²) >= 11 is 0. The van der Waals surface area contributed by atoms with E-state index in [1.165, 1.54) is 12.7 Å². The van der Waals surface area contributed by atoms with Gasteiger partial charge in [0.2, 0.25) is 5.79 Å². The van der Waals surface area contributed by atoms with E-state index in [9.17, 15) is 4.79 Å². The fourth-order valence-corrected chi connectivity index (χ4v) is 3.02. The van der Waals surface area contributed by atoms with Crippen LogP contribution in [0.25, 0.3) is 0 Å². The zero-order chi connectivity index (χ0) is 14.9. The summed E-state index contributed by atoms with van der Waals surface area (Å²) in [6.45, 7) is 10.1. The van der Waals surface area contributed by atoms with Gasteiger partial charge in [-0.3, -0.25) is 4.79 Å². The molecule has 0 unspecified atom stereocenters. The van der Waals surface area contributed by atoms with Gasteiger partial charge in [0.15, 0.2) is 0 Å². The number of carbonyl (C=O) groups excluding carboxylic acids is 1. The summed E-state index contributed by atoms with van der Waals surface area (Å²) < 4.78 is 16.9. The van der Waals surface area contributed by atoms with Crippen LogP contribution in [0.15, 0.2) is 24.0 Å². The average molecular weight is 280 g/mol. The smallest absolute Gasteiger partial charge is 0.311 e. The van der Waals surface area contributed by atoms with E-state index >= 15 is 0 Å². The van der Waals surface area contributed by atoms with E-state index in [0.717, 1.165) is 24.8 Å². The number of carbonyl (C=O) groups is 1. The maximum absolute atomic E-state index is 11.8. The van der Waals surface area contributed by atoms with Gasteiger partial charge in [-0.2, -0.15) is 0 Å². The molecule has 0 amide bonds. The molecule has 4 atom stereocenters. The molecule has 2 heterocycles. The van der Waals surface area contributed by atoms with Gasteiger partial charge in [-0.25, -0.2) is 0 Å². The molecule has 0 N–H and O–H groups in total. The van der Waals surface area contributed by atoms with Gasteiger partial charge in [-0.15, -0.1) is 0 Å². The first-order valence-electron chi connectivity index (χ1n) is 7.17. The highest BCUT2D eigenvalue weighted by atomic mass is 16.7. The van der Waals surface area contributed by atoms with Crippen molar-refractivity contribution in [3.05, 3.63) is 24.0 Å². The molecule has 112 valence electrons. The van der Waals surface area contributed by atoms with Gasteiger partial charge in [-0.1, -0.05) is 13.5 Å². The lowest BCUT2D eigenvalue weighted by atomic mass is 9.81. The SMILES string of the molecule is C=C1C[C@H](C)[C@@H]([C@@H](C)C(=O)OC)O[C@@]12CCC(C)=CO2. The Morgan fingerprint density at radius 3 is 2.85 bits per heavy atom. The van der Waals surface area contributed by atoms with Gasteiger partial charge < -0.3 is 14.2 Å². The Bertz CT molecular complexity index is 440. The molecule has 0 radical (unpaired) electrons. The molecule has 1 saturated heterocycles. The quantitative estimate of drug-likeness (QED) is 0.575. The lowest BCUT2D eigenvalue weighted by Gasteiger charge is -2.47. The maximum atomic E-state index is 11.8. The first-order chi connectivity index (χ1) is 9.39. The molecule has 0 aromatic rings. The van der Waals surface area contributed by atoms with Crippen LogP contribution >= 0.6 is 0 Å². The van der Waals surface area contributed by atoms with Crippen LogP contribution in [0.1, 0.15) is 40.0 Å². The van der Waals surface area contributed by atoms with E-state index in [1.807, 2.05) is 13.8 Å². The van der Waals surface area contributed by atoms with E-state index in [-0.39, 0.29) is 23.9 Å². The molecule has 4 nitrogen and oxygen atoms in total. The van der Waals surface area contributed by atoms with E-state index < -0.39 is 5.79 Å². The predicted molar refractivity (Wildman–Crippen MR) is 75.8 cm³/mol. The summed E-state index contributed by atoms with van der Waals surface area (Å²) in [6, 6.07) is 0. The van der Waals surface area contributed by atoms with Crippen molar-refractivity contribution in [2.75, 3.05) is 7.11 Å². The number of allylic oxidation sites excluding steroid dienone is 1. The van der Waals surface area contributed by atoms with Gasteiger partial charge in [-0.05, 0) is 43.8 Å². The number of rotatable bonds is 2. The molecule has 20 heavy (non-hydrogen) atoms. The minimum atomic E-state index is -0.765. The number of esters is 1. The largest absolute Gasteiger partial charge is 0.469 e. The van der Waals surface area contributed by atoms with Gasteiger partial charge in [0.05, 0.1) is 25.4 Å². The van der Waals surface area contributed by atoms with Crippen LogP contribution in [-0.4, -0.2) is 25.0 Å². The Balaban J connectivity index is 2.20. The fraction of sp³-hybridized carbons (Fsp3) is 0.688. The van der Waals surface area contributed by atoms with Crippen molar-refractivity contribution in [1.29, 1.82) is 0 Å². The topological polar surface area (TPSA) is 44.8 Å². The molecule has 2 aliphatic heterocycles. The second-order valence-corrected chi connectivity index (χ2v) is 6.01. The van der Waals surface area contributed by atoms with Crippen molar-refractivity contribution in [2.45, 2.75) is 51.9 Å². The van der Waals surface area contributed by atoms with E-state index in [0.29, 0.717) is 0 Å². The second-order valence-electron chi connectivity index (χ2n) is 6.01. The van der Waals surface area contributed by atoms with Crippen molar-refractivity contribution < 1.29 is 19.0 Å².